The molecule has 1 heterocycles. The Morgan fingerprint density at radius 3 is 2.29 bits per heavy atom. The zero-order valence-corrected chi connectivity index (χ0v) is 10.4. The van der Waals surface area contributed by atoms with Gasteiger partial charge in [0.15, 0.2) is 0 Å². The molecule has 1 rings (SSSR count). The van der Waals surface area contributed by atoms with Gasteiger partial charge in [-0.05, 0) is 20.3 Å². The molecule has 0 saturated carbocycles. The highest BCUT2D eigenvalue weighted by Gasteiger charge is 2.28. The number of carbonyl (C=O) groups is 3. The van der Waals surface area contributed by atoms with Crippen molar-refractivity contribution in [3.63, 3.8) is 0 Å². The van der Waals surface area contributed by atoms with Gasteiger partial charge >= 0.3 is 5.97 Å². The van der Waals surface area contributed by atoms with Gasteiger partial charge in [0, 0.05) is 12.2 Å². The lowest BCUT2D eigenvalue weighted by Crippen LogP contribution is -2.35. The monoisotopic (exact) mass is 239 g/mol. The van der Waals surface area contributed by atoms with E-state index in [2.05, 4.69) is 0 Å². The number of nitrogens with zero attached hydrogens (tertiary/aromatic N) is 1. The van der Waals surface area contributed by atoms with Crippen molar-refractivity contribution in [2.75, 3.05) is 13.2 Å². The molecule has 0 unspecified atom stereocenters. The molecule has 0 bridgehead atoms. The summed E-state index contributed by atoms with van der Waals surface area (Å²) in [5.41, 5.74) is -0.530. The summed E-state index contributed by atoms with van der Waals surface area (Å²) in [7, 11) is 0. The summed E-state index contributed by atoms with van der Waals surface area (Å²) in [5.74, 6) is -1.03. The maximum absolute atomic E-state index is 11.6. The van der Waals surface area contributed by atoms with E-state index in [1.807, 2.05) is 6.92 Å². The van der Waals surface area contributed by atoms with Crippen LogP contribution in [0.2, 0.25) is 0 Å². The Morgan fingerprint density at radius 2 is 1.82 bits per heavy atom. The number of rotatable bonds is 5. The van der Waals surface area contributed by atoms with Gasteiger partial charge in [-0.15, -0.1) is 0 Å². The Balaban J connectivity index is 2.36. The molecule has 94 valence electrons. The van der Waals surface area contributed by atoms with E-state index in [1.165, 1.54) is 12.2 Å². The summed E-state index contributed by atoms with van der Waals surface area (Å²) in [5, 5.41) is 0. The van der Waals surface area contributed by atoms with Crippen LogP contribution in [0.3, 0.4) is 0 Å². The number of esters is 1. The molecular weight excluding hydrogens is 222 g/mol. The maximum atomic E-state index is 11.6. The number of carbonyl (C=O) groups excluding carboxylic acids is 3. The molecule has 0 aromatic rings. The summed E-state index contributed by atoms with van der Waals surface area (Å²) in [6.07, 6.45) is 3.09. The van der Waals surface area contributed by atoms with Crippen molar-refractivity contribution in [1.82, 2.24) is 4.90 Å². The number of amides is 2. The summed E-state index contributed by atoms with van der Waals surface area (Å²) >= 11 is 0. The predicted molar refractivity (Wildman–Crippen MR) is 60.9 cm³/mol. The van der Waals surface area contributed by atoms with Gasteiger partial charge in [0.2, 0.25) is 0 Å². The van der Waals surface area contributed by atoms with E-state index < -0.39 is 5.41 Å². The summed E-state index contributed by atoms with van der Waals surface area (Å²) in [6, 6.07) is 0. The highest BCUT2D eigenvalue weighted by atomic mass is 16.5. The van der Waals surface area contributed by atoms with Gasteiger partial charge in [-0.3, -0.25) is 19.3 Å². The van der Waals surface area contributed by atoms with Crippen molar-refractivity contribution in [2.45, 2.75) is 27.2 Å². The normalized spacial score (nSPS) is 15.6. The van der Waals surface area contributed by atoms with Gasteiger partial charge < -0.3 is 4.74 Å². The van der Waals surface area contributed by atoms with E-state index in [4.69, 9.17) is 4.74 Å². The second kappa shape index (κ2) is 5.12. The molecule has 0 spiro atoms. The molecule has 2 amide bonds. The molecule has 0 saturated heterocycles. The molecule has 1 aliphatic heterocycles. The molecule has 0 fully saturated rings. The van der Waals surface area contributed by atoms with Crippen LogP contribution in [0.25, 0.3) is 0 Å². The molecule has 0 aromatic heterocycles. The number of hydrogen-bond acceptors (Lipinski definition) is 4. The van der Waals surface area contributed by atoms with Crippen LogP contribution in [0.4, 0.5) is 0 Å². The van der Waals surface area contributed by atoms with Crippen LogP contribution in [0.5, 0.6) is 0 Å². The quantitative estimate of drug-likeness (QED) is 0.528. The van der Waals surface area contributed by atoms with Crippen molar-refractivity contribution < 1.29 is 19.1 Å². The minimum atomic E-state index is -0.530. The van der Waals surface area contributed by atoms with Crippen molar-refractivity contribution in [1.29, 1.82) is 0 Å². The van der Waals surface area contributed by atoms with Gasteiger partial charge in [0.25, 0.3) is 11.8 Å². The summed E-state index contributed by atoms with van der Waals surface area (Å²) < 4.78 is 5.04. The van der Waals surface area contributed by atoms with E-state index in [0.29, 0.717) is 6.42 Å². The SMILES string of the molecule is CCC(C)(C)C(=O)OCCN1C(=O)C=CC1=O. The first-order valence-electron chi connectivity index (χ1n) is 5.59. The third-order valence-corrected chi connectivity index (χ3v) is 2.89. The number of hydrogen-bond donors (Lipinski definition) is 0. The van der Waals surface area contributed by atoms with Gasteiger partial charge in [-0.1, -0.05) is 6.92 Å². The molecule has 17 heavy (non-hydrogen) atoms. The van der Waals surface area contributed by atoms with E-state index in [1.54, 1.807) is 13.8 Å². The van der Waals surface area contributed by atoms with Crippen molar-refractivity contribution in [2.24, 2.45) is 5.41 Å². The van der Waals surface area contributed by atoms with Gasteiger partial charge in [0.05, 0.1) is 12.0 Å². The standard InChI is InChI=1S/C12H17NO4/c1-4-12(2,3)11(16)17-8-7-13-9(14)5-6-10(13)15/h5-6H,4,7-8H2,1-3H3. The number of imide groups is 1. The Labute approximate surface area is 100 Å². The minimum Gasteiger partial charge on any atom is -0.463 e. The van der Waals surface area contributed by atoms with Crippen molar-refractivity contribution in [3.8, 4) is 0 Å². The van der Waals surface area contributed by atoms with Crippen LogP contribution < -0.4 is 0 Å². The average molecular weight is 239 g/mol. The lowest BCUT2D eigenvalue weighted by Gasteiger charge is -2.21. The molecule has 0 aliphatic carbocycles. The first-order chi connectivity index (χ1) is 7.88. The van der Waals surface area contributed by atoms with E-state index in [9.17, 15) is 14.4 Å². The number of ether oxygens (including phenoxy) is 1. The van der Waals surface area contributed by atoms with Crippen LogP contribution in [-0.4, -0.2) is 35.8 Å². The maximum Gasteiger partial charge on any atom is 0.311 e. The van der Waals surface area contributed by atoms with Crippen LogP contribution in [0, 0.1) is 5.41 Å². The van der Waals surface area contributed by atoms with Crippen LogP contribution in [0.15, 0.2) is 12.2 Å². The molecule has 5 nitrogen and oxygen atoms in total. The molecular formula is C12H17NO4. The zero-order chi connectivity index (χ0) is 13.1. The zero-order valence-electron chi connectivity index (χ0n) is 10.4. The van der Waals surface area contributed by atoms with E-state index in [-0.39, 0.29) is 30.9 Å². The smallest absolute Gasteiger partial charge is 0.311 e. The Bertz CT molecular complexity index is 353. The Morgan fingerprint density at radius 1 is 1.29 bits per heavy atom. The summed E-state index contributed by atoms with van der Waals surface area (Å²) in [4.78, 5) is 35.0. The van der Waals surface area contributed by atoms with E-state index in [0.717, 1.165) is 4.90 Å². The average Bonchev–Trinajstić information content (AvgIpc) is 2.60. The highest BCUT2D eigenvalue weighted by Crippen LogP contribution is 2.21. The topological polar surface area (TPSA) is 63.7 Å². The lowest BCUT2D eigenvalue weighted by molar-refractivity contribution is -0.156. The second-order valence-electron chi connectivity index (χ2n) is 4.53. The van der Waals surface area contributed by atoms with Gasteiger partial charge in [0.1, 0.15) is 6.61 Å². The fourth-order valence-electron chi connectivity index (χ4n) is 1.22. The minimum absolute atomic E-state index is 0.0431. The second-order valence-corrected chi connectivity index (χ2v) is 4.53. The fourth-order valence-corrected chi connectivity index (χ4v) is 1.22. The molecule has 0 aromatic carbocycles. The first-order valence-corrected chi connectivity index (χ1v) is 5.59. The Hall–Kier alpha value is -1.65. The lowest BCUT2D eigenvalue weighted by atomic mass is 9.91. The molecule has 1 aliphatic rings. The largest absolute Gasteiger partial charge is 0.463 e. The molecule has 0 N–H and O–H groups in total. The van der Waals surface area contributed by atoms with Gasteiger partial charge in [-0.25, -0.2) is 0 Å². The van der Waals surface area contributed by atoms with Gasteiger partial charge in [-0.2, -0.15) is 0 Å². The van der Waals surface area contributed by atoms with Crippen LogP contribution in [-0.2, 0) is 19.1 Å². The van der Waals surface area contributed by atoms with Crippen LogP contribution in [0.1, 0.15) is 27.2 Å². The first kappa shape index (κ1) is 13.4. The predicted octanol–water partition coefficient (Wildman–Crippen LogP) is 0.891. The van der Waals surface area contributed by atoms with Crippen molar-refractivity contribution >= 4 is 17.8 Å². The highest BCUT2D eigenvalue weighted by molar-refractivity contribution is 6.12. The third-order valence-electron chi connectivity index (χ3n) is 2.89. The van der Waals surface area contributed by atoms with E-state index >= 15 is 0 Å². The molecule has 5 heteroatoms. The molecule has 0 atom stereocenters. The summed E-state index contributed by atoms with van der Waals surface area (Å²) in [6.45, 7) is 5.64. The third kappa shape index (κ3) is 3.15. The fraction of sp³-hybridized carbons (Fsp3) is 0.583. The molecule has 0 radical (unpaired) electrons. The van der Waals surface area contributed by atoms with Crippen molar-refractivity contribution in [3.05, 3.63) is 12.2 Å². The van der Waals surface area contributed by atoms with Crippen LogP contribution >= 0.6 is 0 Å². The Kier molecular flexibility index (Phi) is 4.04.